The number of nitrogens with one attached hydrogen (secondary N) is 1. The van der Waals surface area contributed by atoms with Crippen LogP contribution in [0.2, 0.25) is 5.02 Å². The third-order valence-electron chi connectivity index (χ3n) is 6.03. The van der Waals surface area contributed by atoms with E-state index < -0.39 is 5.25 Å². The van der Waals surface area contributed by atoms with Gasteiger partial charge in [-0.05, 0) is 42.1 Å². The summed E-state index contributed by atoms with van der Waals surface area (Å²) in [6, 6.07) is 35.2. The molecule has 0 aliphatic heterocycles. The van der Waals surface area contributed by atoms with Crippen molar-refractivity contribution in [3.63, 3.8) is 0 Å². The standard InChI is InChI=1S/C31H22ClN3OS/c1-20(30(36)34-28-13-7-11-21-8-5-6-12-25(21)28)37-31-27(19-33)26(22-14-16-24(32)17-15-22)18-29(35-31)23-9-3-2-4-10-23/h2-18,20H,1H3,(H,34,36)/t20-/m1/s1. The molecule has 1 amide bonds. The molecule has 0 fully saturated rings. The quantitative estimate of drug-likeness (QED) is 0.229. The second-order valence-corrected chi connectivity index (χ2v) is 10.3. The van der Waals surface area contributed by atoms with Gasteiger partial charge < -0.3 is 5.32 Å². The summed E-state index contributed by atoms with van der Waals surface area (Å²) in [5.74, 6) is -0.162. The number of pyridine rings is 1. The number of hydrogen-bond donors (Lipinski definition) is 1. The summed E-state index contributed by atoms with van der Waals surface area (Å²) in [7, 11) is 0. The molecular weight excluding hydrogens is 498 g/mol. The third-order valence-corrected chi connectivity index (χ3v) is 7.37. The van der Waals surface area contributed by atoms with Gasteiger partial charge in [0.2, 0.25) is 5.91 Å². The van der Waals surface area contributed by atoms with Gasteiger partial charge in [0.25, 0.3) is 0 Å². The summed E-state index contributed by atoms with van der Waals surface area (Å²) >= 11 is 7.39. The van der Waals surface area contributed by atoms with Gasteiger partial charge in [0.15, 0.2) is 0 Å². The van der Waals surface area contributed by atoms with Crippen molar-refractivity contribution in [3.8, 4) is 28.5 Å². The first-order chi connectivity index (χ1) is 18.0. The zero-order chi connectivity index (χ0) is 25.8. The first-order valence-corrected chi connectivity index (χ1v) is 13.0. The van der Waals surface area contributed by atoms with Crippen molar-refractivity contribution in [1.82, 2.24) is 4.98 Å². The molecule has 4 nitrogen and oxygen atoms in total. The number of nitriles is 1. The van der Waals surface area contributed by atoms with Crippen molar-refractivity contribution >= 4 is 45.7 Å². The molecule has 5 aromatic rings. The molecule has 0 radical (unpaired) electrons. The van der Waals surface area contributed by atoms with E-state index in [0.29, 0.717) is 15.6 Å². The molecule has 1 atom stereocenters. The number of carbonyl (C=O) groups excluding carboxylic acids is 1. The Bertz CT molecular complexity index is 1620. The van der Waals surface area contributed by atoms with Gasteiger partial charge in [-0.3, -0.25) is 4.79 Å². The van der Waals surface area contributed by atoms with E-state index in [4.69, 9.17) is 16.6 Å². The van der Waals surface area contributed by atoms with Gasteiger partial charge in [-0.2, -0.15) is 5.26 Å². The monoisotopic (exact) mass is 519 g/mol. The predicted octanol–water partition coefficient (Wildman–Crippen LogP) is 8.21. The van der Waals surface area contributed by atoms with Crippen LogP contribution in [0.25, 0.3) is 33.2 Å². The number of rotatable bonds is 6. The summed E-state index contributed by atoms with van der Waals surface area (Å²) in [6.07, 6.45) is 0. The number of nitrogens with zero attached hydrogens (tertiary/aromatic N) is 2. The van der Waals surface area contributed by atoms with Gasteiger partial charge in [0.05, 0.1) is 16.5 Å². The lowest BCUT2D eigenvalue weighted by atomic mass is 9.99. The van der Waals surface area contributed by atoms with Gasteiger partial charge in [0.1, 0.15) is 11.1 Å². The van der Waals surface area contributed by atoms with Gasteiger partial charge >= 0.3 is 0 Å². The lowest BCUT2D eigenvalue weighted by molar-refractivity contribution is -0.115. The molecule has 0 aliphatic rings. The summed E-state index contributed by atoms with van der Waals surface area (Å²) in [4.78, 5) is 18.1. The zero-order valence-corrected chi connectivity index (χ0v) is 21.6. The maximum absolute atomic E-state index is 13.3. The zero-order valence-electron chi connectivity index (χ0n) is 20.0. The van der Waals surface area contributed by atoms with E-state index in [1.165, 1.54) is 11.8 Å². The molecule has 1 aromatic heterocycles. The molecule has 1 N–H and O–H groups in total. The molecule has 0 aliphatic carbocycles. The van der Waals surface area contributed by atoms with Crippen LogP contribution in [0.3, 0.4) is 0 Å². The Morgan fingerprint density at radius 1 is 0.919 bits per heavy atom. The highest BCUT2D eigenvalue weighted by atomic mass is 35.5. The average molecular weight is 520 g/mol. The van der Waals surface area contributed by atoms with Crippen LogP contribution in [0.4, 0.5) is 5.69 Å². The molecule has 180 valence electrons. The average Bonchev–Trinajstić information content (AvgIpc) is 2.93. The van der Waals surface area contributed by atoms with E-state index in [2.05, 4.69) is 11.4 Å². The van der Waals surface area contributed by atoms with Crippen molar-refractivity contribution < 1.29 is 4.79 Å². The van der Waals surface area contributed by atoms with Gasteiger partial charge in [-0.25, -0.2) is 4.98 Å². The first-order valence-electron chi connectivity index (χ1n) is 11.8. The maximum Gasteiger partial charge on any atom is 0.237 e. The molecule has 0 spiro atoms. The van der Waals surface area contributed by atoms with E-state index in [0.717, 1.165) is 38.8 Å². The minimum Gasteiger partial charge on any atom is -0.325 e. The van der Waals surface area contributed by atoms with Crippen LogP contribution >= 0.6 is 23.4 Å². The fraction of sp³-hybridized carbons (Fsp3) is 0.0645. The lowest BCUT2D eigenvalue weighted by Crippen LogP contribution is -2.22. The first kappa shape index (κ1) is 24.6. The molecule has 0 saturated heterocycles. The number of amides is 1. The molecule has 4 aromatic carbocycles. The number of benzene rings is 4. The Labute approximate surface area is 224 Å². The maximum atomic E-state index is 13.3. The Balaban J connectivity index is 1.51. The van der Waals surface area contributed by atoms with Crippen molar-refractivity contribution in [3.05, 3.63) is 114 Å². The van der Waals surface area contributed by atoms with Gasteiger partial charge in [0, 0.05) is 27.2 Å². The summed E-state index contributed by atoms with van der Waals surface area (Å²) < 4.78 is 0. The summed E-state index contributed by atoms with van der Waals surface area (Å²) in [5.41, 5.74) is 4.44. The normalized spacial score (nSPS) is 11.6. The lowest BCUT2D eigenvalue weighted by Gasteiger charge is -2.16. The van der Waals surface area contributed by atoms with Crippen LogP contribution in [0.15, 0.2) is 108 Å². The number of anilines is 1. The predicted molar refractivity (Wildman–Crippen MR) is 153 cm³/mol. The second kappa shape index (κ2) is 10.9. The van der Waals surface area contributed by atoms with Crippen LogP contribution in [-0.2, 0) is 4.79 Å². The largest absolute Gasteiger partial charge is 0.325 e. The van der Waals surface area contributed by atoms with Crippen LogP contribution < -0.4 is 5.32 Å². The SMILES string of the molecule is C[C@@H](Sc1nc(-c2ccccc2)cc(-c2ccc(Cl)cc2)c1C#N)C(=O)Nc1cccc2ccccc12. The van der Waals surface area contributed by atoms with Gasteiger partial charge in [-0.15, -0.1) is 0 Å². The van der Waals surface area contributed by atoms with E-state index in [1.807, 2.05) is 97.9 Å². The van der Waals surface area contributed by atoms with E-state index in [-0.39, 0.29) is 5.91 Å². The highest BCUT2D eigenvalue weighted by molar-refractivity contribution is 8.00. The Kier molecular flexibility index (Phi) is 7.23. The third kappa shape index (κ3) is 5.36. The number of aromatic nitrogens is 1. The highest BCUT2D eigenvalue weighted by Crippen LogP contribution is 2.36. The molecule has 0 unspecified atom stereocenters. The number of fused-ring (bicyclic) bond motifs is 1. The molecular formula is C31H22ClN3OS. The number of thioether (sulfide) groups is 1. The minimum absolute atomic E-state index is 0.162. The molecule has 37 heavy (non-hydrogen) atoms. The molecule has 5 rings (SSSR count). The minimum atomic E-state index is -0.498. The van der Waals surface area contributed by atoms with Crippen molar-refractivity contribution in [2.45, 2.75) is 17.2 Å². The molecule has 0 bridgehead atoms. The van der Waals surface area contributed by atoms with E-state index >= 15 is 0 Å². The Hall–Kier alpha value is -4.11. The van der Waals surface area contributed by atoms with Gasteiger partial charge in [-0.1, -0.05) is 102 Å². The van der Waals surface area contributed by atoms with Crippen molar-refractivity contribution in [1.29, 1.82) is 5.26 Å². The van der Waals surface area contributed by atoms with Crippen LogP contribution in [0.5, 0.6) is 0 Å². The Morgan fingerprint density at radius 3 is 2.38 bits per heavy atom. The fourth-order valence-corrected chi connectivity index (χ4v) is 5.17. The number of carbonyl (C=O) groups is 1. The molecule has 6 heteroatoms. The smallest absolute Gasteiger partial charge is 0.237 e. The molecule has 0 saturated carbocycles. The van der Waals surface area contributed by atoms with Crippen LogP contribution in [0, 0.1) is 11.3 Å². The number of halogens is 1. The van der Waals surface area contributed by atoms with E-state index in [9.17, 15) is 10.1 Å². The summed E-state index contributed by atoms with van der Waals surface area (Å²) in [5, 5.41) is 15.9. The topological polar surface area (TPSA) is 65.8 Å². The Morgan fingerprint density at radius 2 is 1.62 bits per heavy atom. The van der Waals surface area contributed by atoms with Crippen molar-refractivity contribution in [2.75, 3.05) is 5.32 Å². The fourth-order valence-electron chi connectivity index (χ4n) is 4.12. The summed E-state index contributed by atoms with van der Waals surface area (Å²) in [6.45, 7) is 1.82. The van der Waals surface area contributed by atoms with Crippen LogP contribution in [-0.4, -0.2) is 16.1 Å². The van der Waals surface area contributed by atoms with Crippen LogP contribution in [0.1, 0.15) is 12.5 Å². The second-order valence-electron chi connectivity index (χ2n) is 8.50. The highest BCUT2D eigenvalue weighted by Gasteiger charge is 2.22. The van der Waals surface area contributed by atoms with Crippen molar-refractivity contribution in [2.24, 2.45) is 0 Å². The molecule has 1 heterocycles. The number of hydrogen-bond acceptors (Lipinski definition) is 4. The van der Waals surface area contributed by atoms with E-state index in [1.54, 1.807) is 12.1 Å².